The third-order valence-electron chi connectivity index (χ3n) is 3.59. The van der Waals surface area contributed by atoms with Crippen molar-refractivity contribution in [2.75, 3.05) is 37.7 Å². The van der Waals surface area contributed by atoms with Gasteiger partial charge in [0.2, 0.25) is 0 Å². The highest BCUT2D eigenvalue weighted by atomic mass is 15.1. The molecular weight excluding hydrogens is 210 g/mol. The normalized spacial score (nSPS) is 21.4. The highest BCUT2D eigenvalue weighted by molar-refractivity contribution is 5.56. The van der Waals surface area contributed by atoms with Crippen LogP contribution in [0, 0.1) is 12.8 Å². The fraction of sp³-hybridized carbons (Fsp3) is 0.571. The van der Waals surface area contributed by atoms with Gasteiger partial charge in [0.15, 0.2) is 0 Å². The van der Waals surface area contributed by atoms with E-state index in [1.54, 1.807) is 0 Å². The Morgan fingerprint density at radius 1 is 1.47 bits per heavy atom. The quantitative estimate of drug-likeness (QED) is 0.787. The lowest BCUT2D eigenvalue weighted by Gasteiger charge is -2.30. The number of benzene rings is 1. The summed E-state index contributed by atoms with van der Waals surface area (Å²) in [6.45, 7) is 5.57. The zero-order valence-electron chi connectivity index (χ0n) is 10.9. The first-order valence-corrected chi connectivity index (χ1v) is 6.43. The van der Waals surface area contributed by atoms with Gasteiger partial charge >= 0.3 is 0 Å². The van der Waals surface area contributed by atoms with Crippen LogP contribution in [0.3, 0.4) is 0 Å². The van der Waals surface area contributed by atoms with Gasteiger partial charge in [-0.3, -0.25) is 0 Å². The second-order valence-electron chi connectivity index (χ2n) is 5.22. The number of piperidine rings is 1. The van der Waals surface area contributed by atoms with Crippen molar-refractivity contribution in [1.29, 1.82) is 0 Å². The van der Waals surface area contributed by atoms with Crippen LogP contribution in [0.1, 0.15) is 18.4 Å². The molecule has 0 aliphatic carbocycles. The Morgan fingerprint density at radius 2 is 2.29 bits per heavy atom. The van der Waals surface area contributed by atoms with Gasteiger partial charge in [-0.25, -0.2) is 0 Å². The number of nitrogens with two attached hydrogens (primary N) is 1. The van der Waals surface area contributed by atoms with Crippen molar-refractivity contribution in [3.8, 4) is 0 Å². The first kappa shape index (κ1) is 12.2. The van der Waals surface area contributed by atoms with Gasteiger partial charge in [-0.05, 0) is 63.0 Å². The standard InChI is InChI=1S/C14H23N3/c1-11-8-13(5-6-14(11)15)16-9-12-4-3-7-17(2)10-12/h5-6,8,12,16H,3-4,7,9-10,15H2,1-2H3. The van der Waals surface area contributed by atoms with Crippen molar-refractivity contribution in [2.45, 2.75) is 19.8 Å². The maximum atomic E-state index is 5.81. The van der Waals surface area contributed by atoms with E-state index in [-0.39, 0.29) is 0 Å². The number of hydrogen-bond donors (Lipinski definition) is 2. The zero-order valence-corrected chi connectivity index (χ0v) is 10.9. The van der Waals surface area contributed by atoms with Gasteiger partial charge in [-0.15, -0.1) is 0 Å². The van der Waals surface area contributed by atoms with Crippen molar-refractivity contribution in [2.24, 2.45) is 5.92 Å². The molecule has 0 spiro atoms. The maximum Gasteiger partial charge on any atom is 0.0345 e. The molecule has 3 N–H and O–H groups in total. The Kier molecular flexibility index (Phi) is 3.89. The van der Waals surface area contributed by atoms with Gasteiger partial charge in [0.05, 0.1) is 0 Å². The van der Waals surface area contributed by atoms with Gasteiger partial charge in [0.25, 0.3) is 0 Å². The van der Waals surface area contributed by atoms with Crippen LogP contribution in [0.25, 0.3) is 0 Å². The molecule has 94 valence electrons. The van der Waals surface area contributed by atoms with Gasteiger partial charge in [0.1, 0.15) is 0 Å². The molecule has 3 nitrogen and oxygen atoms in total. The monoisotopic (exact) mass is 233 g/mol. The van der Waals surface area contributed by atoms with Gasteiger partial charge in [-0.2, -0.15) is 0 Å². The molecule has 1 aliphatic rings. The van der Waals surface area contributed by atoms with E-state index < -0.39 is 0 Å². The number of aryl methyl sites for hydroxylation is 1. The molecule has 0 bridgehead atoms. The SMILES string of the molecule is Cc1cc(NCC2CCCN(C)C2)ccc1N. The number of rotatable bonds is 3. The molecule has 1 atom stereocenters. The Labute approximate surface area is 104 Å². The van der Waals surface area contributed by atoms with E-state index in [4.69, 9.17) is 5.73 Å². The molecule has 1 saturated heterocycles. The Balaban J connectivity index is 1.86. The van der Waals surface area contributed by atoms with Crippen LogP contribution < -0.4 is 11.1 Å². The molecule has 3 heteroatoms. The van der Waals surface area contributed by atoms with E-state index >= 15 is 0 Å². The highest BCUT2D eigenvalue weighted by Crippen LogP contribution is 2.19. The van der Waals surface area contributed by atoms with Crippen LogP contribution in [0.4, 0.5) is 11.4 Å². The van der Waals surface area contributed by atoms with Gasteiger partial charge in [0, 0.05) is 24.5 Å². The van der Waals surface area contributed by atoms with Crippen LogP contribution in [0.2, 0.25) is 0 Å². The number of likely N-dealkylation sites (tertiary alicyclic amines) is 1. The molecule has 0 saturated carbocycles. The molecule has 0 amide bonds. The Bertz CT molecular complexity index is 376. The summed E-state index contributed by atoms with van der Waals surface area (Å²) in [4.78, 5) is 2.42. The predicted molar refractivity (Wildman–Crippen MR) is 74.3 cm³/mol. The number of nitrogen functional groups attached to an aromatic ring is 1. The van der Waals surface area contributed by atoms with E-state index in [9.17, 15) is 0 Å². The third kappa shape index (κ3) is 3.37. The minimum absolute atomic E-state index is 0.770. The zero-order chi connectivity index (χ0) is 12.3. The summed E-state index contributed by atoms with van der Waals surface area (Å²) < 4.78 is 0. The maximum absolute atomic E-state index is 5.81. The summed E-state index contributed by atoms with van der Waals surface area (Å²) >= 11 is 0. The topological polar surface area (TPSA) is 41.3 Å². The molecule has 0 radical (unpaired) electrons. The largest absolute Gasteiger partial charge is 0.399 e. The molecule has 1 heterocycles. The van der Waals surface area contributed by atoms with Crippen molar-refractivity contribution >= 4 is 11.4 Å². The molecule has 1 aliphatic heterocycles. The van der Waals surface area contributed by atoms with Crippen molar-refractivity contribution < 1.29 is 0 Å². The van der Waals surface area contributed by atoms with E-state index in [1.165, 1.54) is 31.6 Å². The average Bonchev–Trinajstić information content (AvgIpc) is 2.31. The summed E-state index contributed by atoms with van der Waals surface area (Å²) in [5, 5.41) is 3.52. The van der Waals surface area contributed by atoms with Gasteiger partial charge in [-0.1, -0.05) is 0 Å². The number of hydrogen-bond acceptors (Lipinski definition) is 3. The molecule has 1 aromatic carbocycles. The fourth-order valence-electron chi connectivity index (χ4n) is 2.49. The first-order chi connectivity index (χ1) is 8.15. The fourth-order valence-corrected chi connectivity index (χ4v) is 2.49. The van der Waals surface area contributed by atoms with E-state index in [2.05, 4.69) is 36.3 Å². The molecular formula is C14H23N3. The Hall–Kier alpha value is -1.22. The second-order valence-corrected chi connectivity index (χ2v) is 5.22. The highest BCUT2D eigenvalue weighted by Gasteiger charge is 2.16. The Morgan fingerprint density at radius 3 is 3.00 bits per heavy atom. The molecule has 1 fully saturated rings. The van der Waals surface area contributed by atoms with Crippen molar-refractivity contribution in [1.82, 2.24) is 4.90 Å². The molecule has 1 unspecified atom stereocenters. The van der Waals surface area contributed by atoms with Crippen LogP contribution in [-0.4, -0.2) is 31.6 Å². The molecule has 0 aromatic heterocycles. The van der Waals surface area contributed by atoms with Crippen LogP contribution in [-0.2, 0) is 0 Å². The minimum Gasteiger partial charge on any atom is -0.399 e. The summed E-state index contributed by atoms with van der Waals surface area (Å²) in [5.41, 5.74) is 9.01. The van der Waals surface area contributed by atoms with Crippen LogP contribution in [0.5, 0.6) is 0 Å². The summed E-state index contributed by atoms with van der Waals surface area (Å²) in [7, 11) is 2.21. The third-order valence-corrected chi connectivity index (χ3v) is 3.59. The summed E-state index contributed by atoms with van der Waals surface area (Å²) in [5.74, 6) is 0.770. The van der Waals surface area contributed by atoms with E-state index in [0.29, 0.717) is 0 Å². The number of nitrogens with one attached hydrogen (secondary N) is 1. The lowest BCUT2D eigenvalue weighted by Crippen LogP contribution is -2.35. The summed E-state index contributed by atoms with van der Waals surface area (Å²) in [6, 6.07) is 6.17. The second kappa shape index (κ2) is 5.41. The molecule has 2 rings (SSSR count). The van der Waals surface area contributed by atoms with Crippen LogP contribution in [0.15, 0.2) is 18.2 Å². The molecule has 1 aromatic rings. The van der Waals surface area contributed by atoms with E-state index in [1.807, 2.05) is 6.07 Å². The predicted octanol–water partition coefficient (Wildman–Crippen LogP) is 2.33. The lowest BCUT2D eigenvalue weighted by atomic mass is 9.98. The summed E-state index contributed by atoms with van der Waals surface area (Å²) in [6.07, 6.45) is 2.66. The average molecular weight is 233 g/mol. The number of anilines is 2. The van der Waals surface area contributed by atoms with Gasteiger partial charge < -0.3 is 16.0 Å². The molecule has 17 heavy (non-hydrogen) atoms. The smallest absolute Gasteiger partial charge is 0.0345 e. The van der Waals surface area contributed by atoms with Crippen molar-refractivity contribution in [3.05, 3.63) is 23.8 Å². The van der Waals surface area contributed by atoms with E-state index in [0.717, 1.165) is 23.7 Å². The number of nitrogens with zero attached hydrogens (tertiary/aromatic N) is 1. The van der Waals surface area contributed by atoms with Crippen LogP contribution >= 0.6 is 0 Å². The first-order valence-electron chi connectivity index (χ1n) is 6.43. The van der Waals surface area contributed by atoms with Crippen molar-refractivity contribution in [3.63, 3.8) is 0 Å². The minimum atomic E-state index is 0.770. The lowest BCUT2D eigenvalue weighted by molar-refractivity contribution is 0.217.